The van der Waals surface area contributed by atoms with Gasteiger partial charge in [0.2, 0.25) is 0 Å². The van der Waals surface area contributed by atoms with Gasteiger partial charge in [-0.05, 0) is 20.0 Å². The Morgan fingerprint density at radius 3 is 2.55 bits per heavy atom. The Bertz CT molecular complexity index is 136. The minimum Gasteiger partial charge on any atom is -0.395 e. The van der Waals surface area contributed by atoms with Crippen LogP contribution in [0.3, 0.4) is 0 Å². The number of aliphatic hydroxyl groups excluding tert-OH is 1. The molecule has 0 aromatic heterocycles. The fourth-order valence-corrected chi connectivity index (χ4v) is 1.52. The summed E-state index contributed by atoms with van der Waals surface area (Å²) in [6.07, 6.45) is 0.915. The van der Waals surface area contributed by atoms with E-state index in [0.29, 0.717) is 0 Å². The first kappa shape index (κ1) is 11.4. The highest BCUT2D eigenvalue weighted by Gasteiger charge is 2.26. The molecule has 0 amide bonds. The van der Waals surface area contributed by atoms with E-state index in [-0.39, 0.29) is 11.7 Å². The molecule has 0 spiro atoms. The van der Waals surface area contributed by atoms with Crippen molar-refractivity contribution in [1.29, 1.82) is 0 Å². The Balaban J connectivity index is 3.82. The van der Waals surface area contributed by atoms with Crippen LogP contribution < -0.4 is 0 Å². The van der Waals surface area contributed by atoms with Gasteiger partial charge in [-0.25, -0.2) is 0 Å². The molecule has 0 saturated carbocycles. The number of thioether (sulfide) groups is 1. The summed E-state index contributed by atoms with van der Waals surface area (Å²) in [4.78, 5) is 11.2. The van der Waals surface area contributed by atoms with Gasteiger partial charge in [-0.15, -0.1) is 9.24 Å². The van der Waals surface area contributed by atoms with Crippen LogP contribution in [0.15, 0.2) is 0 Å². The smallest absolute Gasteiger partial charge is 0.196 e. The van der Waals surface area contributed by atoms with Gasteiger partial charge in [0.15, 0.2) is 5.12 Å². The minimum atomic E-state index is -0.579. The molecule has 0 saturated heterocycles. The monoisotopic (exact) mass is 194 g/mol. The molecule has 0 aliphatic carbocycles. The Labute approximate surface area is 74.3 Å². The lowest BCUT2D eigenvalue weighted by Crippen LogP contribution is -2.25. The van der Waals surface area contributed by atoms with Crippen LogP contribution in [0.25, 0.3) is 0 Å². The summed E-state index contributed by atoms with van der Waals surface area (Å²) in [6, 6.07) is 0. The highest BCUT2D eigenvalue weighted by molar-refractivity contribution is 8.13. The lowest BCUT2D eigenvalue weighted by Gasteiger charge is -2.18. The second-order valence-electron chi connectivity index (χ2n) is 2.97. The van der Waals surface area contributed by atoms with E-state index < -0.39 is 5.41 Å². The first-order chi connectivity index (χ1) is 5.04. The van der Waals surface area contributed by atoms with Gasteiger partial charge in [-0.2, -0.15) is 0 Å². The van der Waals surface area contributed by atoms with Crippen molar-refractivity contribution in [3.8, 4) is 0 Å². The van der Waals surface area contributed by atoms with E-state index in [1.165, 1.54) is 11.8 Å². The molecule has 2 nitrogen and oxygen atoms in total. The van der Waals surface area contributed by atoms with Gasteiger partial charge in [0.1, 0.15) is 0 Å². The molecule has 0 rings (SSSR count). The molecular formula is C7H15O2PS. The van der Waals surface area contributed by atoms with Crippen molar-refractivity contribution in [2.45, 2.75) is 13.8 Å². The van der Waals surface area contributed by atoms with E-state index in [0.717, 1.165) is 11.9 Å². The van der Waals surface area contributed by atoms with Gasteiger partial charge in [0.05, 0.1) is 12.0 Å². The van der Waals surface area contributed by atoms with Crippen LogP contribution >= 0.6 is 21.0 Å². The van der Waals surface area contributed by atoms with Crippen molar-refractivity contribution in [3.05, 3.63) is 0 Å². The van der Waals surface area contributed by atoms with Crippen LogP contribution in [0.4, 0.5) is 0 Å². The van der Waals surface area contributed by atoms with E-state index >= 15 is 0 Å². The normalized spacial score (nSPS) is 11.6. The molecule has 0 aliphatic rings. The first-order valence-electron chi connectivity index (χ1n) is 3.52. The molecule has 1 unspecified atom stereocenters. The Morgan fingerprint density at radius 1 is 1.64 bits per heavy atom. The summed E-state index contributed by atoms with van der Waals surface area (Å²) in [5.41, 5.74) is -0.579. The summed E-state index contributed by atoms with van der Waals surface area (Å²) < 4.78 is 0. The van der Waals surface area contributed by atoms with Gasteiger partial charge in [-0.3, -0.25) is 4.79 Å². The van der Waals surface area contributed by atoms with E-state index in [2.05, 4.69) is 9.24 Å². The average Bonchev–Trinajstić information content (AvgIpc) is 2.00. The van der Waals surface area contributed by atoms with Crippen molar-refractivity contribution in [2.24, 2.45) is 5.41 Å². The summed E-state index contributed by atoms with van der Waals surface area (Å²) in [5.74, 6) is 0.812. The van der Waals surface area contributed by atoms with Gasteiger partial charge < -0.3 is 5.11 Å². The zero-order valence-electron chi connectivity index (χ0n) is 6.96. The molecule has 0 heterocycles. The van der Waals surface area contributed by atoms with Gasteiger partial charge in [0.25, 0.3) is 0 Å². The van der Waals surface area contributed by atoms with Crippen LogP contribution in [-0.2, 0) is 4.79 Å². The quantitative estimate of drug-likeness (QED) is 0.682. The fraction of sp³-hybridized carbons (Fsp3) is 0.857. The topological polar surface area (TPSA) is 37.3 Å². The van der Waals surface area contributed by atoms with E-state index in [9.17, 15) is 4.79 Å². The van der Waals surface area contributed by atoms with E-state index in [1.807, 2.05) is 0 Å². The maximum absolute atomic E-state index is 11.2. The second-order valence-corrected chi connectivity index (χ2v) is 4.61. The minimum absolute atomic E-state index is 0.0717. The van der Waals surface area contributed by atoms with E-state index in [1.54, 1.807) is 13.8 Å². The third-order valence-corrected chi connectivity index (χ3v) is 3.26. The Kier molecular flexibility index (Phi) is 5.32. The van der Waals surface area contributed by atoms with Crippen LogP contribution in [0.2, 0.25) is 0 Å². The third kappa shape index (κ3) is 4.09. The van der Waals surface area contributed by atoms with Crippen LogP contribution in [0, 0.1) is 5.41 Å². The van der Waals surface area contributed by atoms with Crippen LogP contribution in [0.5, 0.6) is 0 Å². The molecule has 1 atom stereocenters. The molecule has 66 valence electrons. The maximum atomic E-state index is 11.2. The number of aliphatic hydroxyl groups is 1. The Morgan fingerprint density at radius 2 is 2.18 bits per heavy atom. The predicted molar refractivity (Wildman–Crippen MR) is 52.9 cm³/mol. The zero-order valence-corrected chi connectivity index (χ0v) is 8.93. The van der Waals surface area contributed by atoms with Crippen molar-refractivity contribution in [2.75, 3.05) is 18.5 Å². The number of hydrogen-bond donors (Lipinski definition) is 1. The third-order valence-electron chi connectivity index (χ3n) is 1.30. The summed E-state index contributed by atoms with van der Waals surface area (Å²) in [5, 5.41) is 8.90. The SMILES string of the molecule is CC(C)(CO)C(=O)SCCP. The van der Waals surface area contributed by atoms with Crippen molar-refractivity contribution in [1.82, 2.24) is 0 Å². The fourth-order valence-electron chi connectivity index (χ4n) is 0.412. The van der Waals surface area contributed by atoms with Crippen LogP contribution in [-0.4, -0.2) is 28.7 Å². The van der Waals surface area contributed by atoms with Crippen molar-refractivity contribution < 1.29 is 9.90 Å². The molecule has 0 aliphatic heterocycles. The second kappa shape index (κ2) is 5.13. The molecule has 4 heteroatoms. The maximum Gasteiger partial charge on any atom is 0.196 e. The number of carbonyl (C=O) groups is 1. The standard InChI is InChI=1S/C7H15O2PS/c1-7(2,5-8)6(9)11-4-3-10/h8H,3-5,10H2,1-2H3. The van der Waals surface area contributed by atoms with E-state index in [4.69, 9.17) is 5.11 Å². The Hall–Kier alpha value is 0.410. The molecule has 0 fully saturated rings. The average molecular weight is 194 g/mol. The molecule has 0 radical (unpaired) electrons. The van der Waals surface area contributed by atoms with Gasteiger partial charge in [-0.1, -0.05) is 11.8 Å². The summed E-state index contributed by atoms with van der Waals surface area (Å²) in [6.45, 7) is 3.44. The number of carbonyl (C=O) groups excluding carboxylic acids is 1. The summed E-state index contributed by atoms with van der Waals surface area (Å²) >= 11 is 1.29. The lowest BCUT2D eigenvalue weighted by atomic mass is 9.97. The highest BCUT2D eigenvalue weighted by atomic mass is 32.2. The summed E-state index contributed by atoms with van der Waals surface area (Å²) in [7, 11) is 2.57. The first-order valence-corrected chi connectivity index (χ1v) is 5.33. The highest BCUT2D eigenvalue weighted by Crippen LogP contribution is 2.23. The molecular weight excluding hydrogens is 179 g/mol. The van der Waals surface area contributed by atoms with Gasteiger partial charge in [0, 0.05) is 5.75 Å². The zero-order chi connectivity index (χ0) is 8.91. The molecule has 11 heavy (non-hydrogen) atoms. The molecule has 0 aromatic carbocycles. The number of rotatable bonds is 4. The molecule has 1 N–H and O–H groups in total. The number of hydrogen-bond acceptors (Lipinski definition) is 3. The lowest BCUT2D eigenvalue weighted by molar-refractivity contribution is -0.119. The van der Waals surface area contributed by atoms with Crippen LogP contribution in [0.1, 0.15) is 13.8 Å². The molecule has 0 aromatic rings. The molecule has 0 bridgehead atoms. The largest absolute Gasteiger partial charge is 0.395 e. The van der Waals surface area contributed by atoms with Gasteiger partial charge >= 0.3 is 0 Å². The van der Waals surface area contributed by atoms with Crippen molar-refractivity contribution >= 4 is 26.1 Å². The predicted octanol–water partition coefficient (Wildman–Crippen LogP) is 1.14. The van der Waals surface area contributed by atoms with Crippen molar-refractivity contribution in [3.63, 3.8) is 0 Å².